The summed E-state index contributed by atoms with van der Waals surface area (Å²) >= 11 is 0. The van der Waals surface area contributed by atoms with Gasteiger partial charge < -0.3 is 15.4 Å². The lowest BCUT2D eigenvalue weighted by atomic mass is 10.1. The van der Waals surface area contributed by atoms with Gasteiger partial charge in [-0.3, -0.25) is 9.67 Å². The highest BCUT2D eigenvalue weighted by Crippen LogP contribution is 2.11. The molecule has 2 aromatic carbocycles. The minimum Gasteiger partial charge on any atom is -0.372 e. The van der Waals surface area contributed by atoms with Gasteiger partial charge in [-0.05, 0) is 30.5 Å². The predicted octanol–water partition coefficient (Wildman–Crippen LogP) is 3.62. The summed E-state index contributed by atoms with van der Waals surface area (Å²) in [6.45, 7) is 6.75. The van der Waals surface area contributed by atoms with Gasteiger partial charge in [0.15, 0.2) is 5.96 Å². The van der Waals surface area contributed by atoms with Gasteiger partial charge in [-0.15, -0.1) is 0 Å². The van der Waals surface area contributed by atoms with E-state index in [-0.39, 0.29) is 0 Å². The van der Waals surface area contributed by atoms with Crippen molar-refractivity contribution in [2.75, 3.05) is 7.05 Å². The summed E-state index contributed by atoms with van der Waals surface area (Å²) in [5.41, 5.74) is 6.97. The zero-order valence-corrected chi connectivity index (χ0v) is 18.3. The topological polar surface area (TPSA) is 63.5 Å². The Hall–Kier alpha value is -3.12. The summed E-state index contributed by atoms with van der Waals surface area (Å²) in [6, 6.07) is 18.7. The molecule has 0 saturated heterocycles. The summed E-state index contributed by atoms with van der Waals surface area (Å²) in [6.07, 6.45) is 0. The van der Waals surface area contributed by atoms with Crippen molar-refractivity contribution >= 4 is 5.96 Å². The average Bonchev–Trinajstić information content (AvgIpc) is 3.01. The first-order chi connectivity index (χ1) is 14.6. The van der Waals surface area contributed by atoms with Gasteiger partial charge in [0.05, 0.1) is 18.9 Å². The van der Waals surface area contributed by atoms with Crippen molar-refractivity contribution in [1.82, 2.24) is 20.4 Å². The van der Waals surface area contributed by atoms with Gasteiger partial charge >= 0.3 is 0 Å². The highest BCUT2D eigenvalue weighted by atomic mass is 16.5. The first-order valence-corrected chi connectivity index (χ1v) is 10.2. The molecule has 0 bridgehead atoms. The highest BCUT2D eigenvalue weighted by Gasteiger charge is 2.09. The van der Waals surface area contributed by atoms with Crippen molar-refractivity contribution in [2.24, 2.45) is 12.0 Å². The molecule has 158 valence electrons. The van der Waals surface area contributed by atoms with Crippen molar-refractivity contribution in [3.05, 3.63) is 88.2 Å². The van der Waals surface area contributed by atoms with Crippen LogP contribution in [0.2, 0.25) is 0 Å². The van der Waals surface area contributed by atoms with Crippen LogP contribution >= 0.6 is 0 Å². The first-order valence-electron chi connectivity index (χ1n) is 10.2. The van der Waals surface area contributed by atoms with Crippen molar-refractivity contribution < 1.29 is 4.74 Å². The smallest absolute Gasteiger partial charge is 0.191 e. The van der Waals surface area contributed by atoms with Crippen LogP contribution in [0.4, 0.5) is 0 Å². The Bertz CT molecular complexity index is 961. The minimum absolute atomic E-state index is 0.607. The van der Waals surface area contributed by atoms with Crippen LogP contribution in [0.5, 0.6) is 0 Å². The fraction of sp³-hybridized carbons (Fsp3) is 0.333. The van der Waals surface area contributed by atoms with E-state index in [1.54, 1.807) is 7.05 Å². The van der Waals surface area contributed by atoms with Crippen LogP contribution in [-0.2, 0) is 38.1 Å². The van der Waals surface area contributed by atoms with Crippen LogP contribution in [0.3, 0.4) is 0 Å². The summed E-state index contributed by atoms with van der Waals surface area (Å²) in [5.74, 6) is 0.771. The minimum atomic E-state index is 0.607. The average molecular weight is 406 g/mol. The number of hydrogen-bond acceptors (Lipinski definition) is 3. The zero-order chi connectivity index (χ0) is 21.3. The van der Waals surface area contributed by atoms with Crippen molar-refractivity contribution in [2.45, 2.75) is 40.2 Å². The molecule has 0 atom stereocenters. The molecule has 6 nitrogen and oxygen atoms in total. The van der Waals surface area contributed by atoms with Crippen molar-refractivity contribution in [3.63, 3.8) is 0 Å². The van der Waals surface area contributed by atoms with Crippen LogP contribution < -0.4 is 10.6 Å². The monoisotopic (exact) mass is 405 g/mol. The molecular formula is C24H31N5O. The number of nitrogens with zero attached hydrogens (tertiary/aromatic N) is 3. The largest absolute Gasteiger partial charge is 0.372 e. The number of guanidine groups is 1. The molecule has 0 fully saturated rings. The maximum atomic E-state index is 5.80. The standard InChI is InChI=1S/C24H31N5O/c1-18-23(19(2)29(4)28-18)15-27-24(25-3)26-14-20-10-12-22(13-11-20)17-30-16-21-8-6-5-7-9-21/h5-13H,14-17H2,1-4H3,(H2,25,26,27). The maximum absolute atomic E-state index is 5.80. The van der Waals surface area contributed by atoms with E-state index < -0.39 is 0 Å². The van der Waals surface area contributed by atoms with Gasteiger partial charge in [-0.2, -0.15) is 5.10 Å². The van der Waals surface area contributed by atoms with E-state index in [1.165, 1.54) is 27.9 Å². The zero-order valence-electron chi connectivity index (χ0n) is 18.3. The first kappa shape index (κ1) is 21.6. The number of aromatic nitrogens is 2. The molecule has 2 N–H and O–H groups in total. The Labute approximate surface area is 179 Å². The lowest BCUT2D eigenvalue weighted by molar-refractivity contribution is 0.107. The second-order valence-electron chi connectivity index (χ2n) is 7.35. The second-order valence-corrected chi connectivity index (χ2v) is 7.35. The van der Waals surface area contributed by atoms with Crippen LogP contribution in [0.25, 0.3) is 0 Å². The molecular weight excluding hydrogens is 374 g/mol. The van der Waals surface area contributed by atoms with Gasteiger partial charge in [-0.1, -0.05) is 54.6 Å². The van der Waals surface area contributed by atoms with Crippen LogP contribution in [0.1, 0.15) is 33.6 Å². The Morgan fingerprint density at radius 3 is 2.10 bits per heavy atom. The van der Waals surface area contributed by atoms with Crippen molar-refractivity contribution in [1.29, 1.82) is 0 Å². The van der Waals surface area contributed by atoms with Crippen LogP contribution in [0, 0.1) is 13.8 Å². The third-order valence-electron chi connectivity index (χ3n) is 5.18. The van der Waals surface area contributed by atoms with Gasteiger partial charge in [0.1, 0.15) is 0 Å². The molecule has 30 heavy (non-hydrogen) atoms. The van der Waals surface area contributed by atoms with E-state index >= 15 is 0 Å². The molecule has 0 radical (unpaired) electrons. The van der Waals surface area contributed by atoms with Crippen LogP contribution in [0.15, 0.2) is 59.6 Å². The maximum Gasteiger partial charge on any atom is 0.191 e. The molecule has 0 spiro atoms. The molecule has 0 aliphatic heterocycles. The number of nitrogens with one attached hydrogen (secondary N) is 2. The van der Waals surface area contributed by atoms with E-state index in [0.29, 0.717) is 26.3 Å². The Morgan fingerprint density at radius 2 is 1.50 bits per heavy atom. The normalized spacial score (nSPS) is 11.5. The van der Waals surface area contributed by atoms with E-state index in [9.17, 15) is 0 Å². The molecule has 0 aliphatic carbocycles. The van der Waals surface area contributed by atoms with Crippen LogP contribution in [-0.4, -0.2) is 22.8 Å². The molecule has 0 aliphatic rings. The number of rotatable bonds is 8. The highest BCUT2D eigenvalue weighted by molar-refractivity contribution is 5.79. The van der Waals surface area contributed by atoms with E-state index in [1.807, 2.05) is 36.9 Å². The molecule has 1 heterocycles. The van der Waals surface area contributed by atoms with Gasteiger partial charge in [0.25, 0.3) is 0 Å². The number of benzene rings is 2. The second kappa shape index (κ2) is 10.6. The number of hydrogen-bond donors (Lipinski definition) is 2. The Balaban J connectivity index is 1.44. The summed E-state index contributed by atoms with van der Waals surface area (Å²) in [5, 5.41) is 11.2. The SMILES string of the molecule is CN=C(NCc1ccc(COCc2ccccc2)cc1)NCc1c(C)nn(C)c1C. The predicted molar refractivity (Wildman–Crippen MR) is 121 cm³/mol. The van der Waals surface area contributed by atoms with Gasteiger partial charge in [0.2, 0.25) is 0 Å². The third-order valence-corrected chi connectivity index (χ3v) is 5.18. The number of aryl methyl sites for hydroxylation is 2. The quantitative estimate of drug-likeness (QED) is 0.444. The van der Waals surface area contributed by atoms with E-state index in [2.05, 4.69) is 64.0 Å². The summed E-state index contributed by atoms with van der Waals surface area (Å²) in [7, 11) is 3.75. The van der Waals surface area contributed by atoms with Gasteiger partial charge in [-0.25, -0.2) is 0 Å². The Kier molecular flexibility index (Phi) is 7.63. The third kappa shape index (κ3) is 5.94. The fourth-order valence-corrected chi connectivity index (χ4v) is 3.27. The summed E-state index contributed by atoms with van der Waals surface area (Å²) < 4.78 is 7.71. The lowest BCUT2D eigenvalue weighted by Gasteiger charge is -2.13. The molecule has 0 saturated carbocycles. The number of aliphatic imine (C=N–C) groups is 1. The van der Waals surface area contributed by atoms with Gasteiger partial charge in [0, 0.05) is 38.4 Å². The van der Waals surface area contributed by atoms with E-state index in [4.69, 9.17) is 4.74 Å². The fourth-order valence-electron chi connectivity index (χ4n) is 3.27. The molecule has 0 amide bonds. The Morgan fingerprint density at radius 1 is 0.900 bits per heavy atom. The number of ether oxygens (including phenoxy) is 1. The molecule has 3 aromatic rings. The molecule has 6 heteroatoms. The lowest BCUT2D eigenvalue weighted by Crippen LogP contribution is -2.36. The van der Waals surface area contributed by atoms with E-state index in [0.717, 1.165) is 11.7 Å². The molecule has 0 unspecified atom stereocenters. The molecule has 1 aromatic heterocycles. The molecule has 3 rings (SSSR count). The summed E-state index contributed by atoms with van der Waals surface area (Å²) in [4.78, 5) is 4.32. The van der Waals surface area contributed by atoms with Crippen molar-refractivity contribution in [3.8, 4) is 0 Å².